The van der Waals surface area contributed by atoms with Crippen molar-refractivity contribution in [3.05, 3.63) is 0 Å². The summed E-state index contributed by atoms with van der Waals surface area (Å²) in [6, 6.07) is 0. The van der Waals surface area contributed by atoms with Gasteiger partial charge in [-0.25, -0.2) is 5.06 Å². The van der Waals surface area contributed by atoms with Crippen LogP contribution in [0.15, 0.2) is 0 Å². The van der Waals surface area contributed by atoms with Crippen molar-refractivity contribution in [1.82, 2.24) is 5.06 Å². The molecule has 1 heterocycles. The summed E-state index contributed by atoms with van der Waals surface area (Å²) in [7, 11) is -1.67. The Bertz CT molecular complexity index is 188. The lowest BCUT2D eigenvalue weighted by molar-refractivity contribution is -0.0543. The van der Waals surface area contributed by atoms with Gasteiger partial charge in [0.2, 0.25) is 8.32 Å². The fraction of sp³-hybridized carbons (Fsp3) is 1.00. The van der Waals surface area contributed by atoms with Crippen LogP contribution in [0.5, 0.6) is 0 Å². The molecule has 1 saturated heterocycles. The maximum Gasteiger partial charge on any atom is 0.228 e. The molecule has 0 spiro atoms. The van der Waals surface area contributed by atoms with Gasteiger partial charge in [-0.15, -0.1) is 0 Å². The van der Waals surface area contributed by atoms with Gasteiger partial charge in [0, 0.05) is 13.1 Å². The van der Waals surface area contributed by atoms with Crippen LogP contribution >= 0.6 is 0 Å². The molecule has 3 heteroatoms. The minimum Gasteiger partial charge on any atom is -0.342 e. The SMILES string of the molecule is CC(C)[Si](ON1CCCC1)(C(C)C)C(C)C. The molecule has 0 aromatic rings. The van der Waals surface area contributed by atoms with Crippen molar-refractivity contribution in [2.24, 2.45) is 0 Å². The molecular weight excluding hydrogens is 214 g/mol. The van der Waals surface area contributed by atoms with Crippen molar-refractivity contribution in [3.8, 4) is 0 Å². The molecule has 1 aliphatic heterocycles. The summed E-state index contributed by atoms with van der Waals surface area (Å²) < 4.78 is 6.56. The van der Waals surface area contributed by atoms with E-state index in [0.717, 1.165) is 13.1 Å². The van der Waals surface area contributed by atoms with Gasteiger partial charge in [0.25, 0.3) is 0 Å². The van der Waals surface area contributed by atoms with Crippen LogP contribution in [0.25, 0.3) is 0 Å². The van der Waals surface area contributed by atoms with Gasteiger partial charge in [-0.2, -0.15) is 0 Å². The minimum absolute atomic E-state index is 0.688. The quantitative estimate of drug-likeness (QED) is 0.671. The van der Waals surface area contributed by atoms with Gasteiger partial charge in [0.05, 0.1) is 0 Å². The van der Waals surface area contributed by atoms with Gasteiger partial charge >= 0.3 is 0 Å². The Morgan fingerprint density at radius 1 is 0.812 bits per heavy atom. The first-order chi connectivity index (χ1) is 7.41. The Morgan fingerprint density at radius 3 is 1.50 bits per heavy atom. The molecule has 0 amide bonds. The highest BCUT2D eigenvalue weighted by Crippen LogP contribution is 2.43. The van der Waals surface area contributed by atoms with E-state index in [1.54, 1.807) is 0 Å². The second-order valence-corrected chi connectivity index (χ2v) is 11.4. The molecule has 0 aromatic carbocycles. The zero-order valence-corrected chi connectivity index (χ0v) is 12.9. The number of nitrogens with zero attached hydrogens (tertiary/aromatic N) is 1. The molecule has 96 valence electrons. The lowest BCUT2D eigenvalue weighted by Crippen LogP contribution is -2.51. The van der Waals surface area contributed by atoms with Gasteiger partial charge in [-0.3, -0.25) is 0 Å². The van der Waals surface area contributed by atoms with Gasteiger partial charge in [0.1, 0.15) is 0 Å². The third kappa shape index (κ3) is 2.69. The summed E-state index contributed by atoms with van der Waals surface area (Å²) in [6.45, 7) is 16.4. The molecule has 2 nitrogen and oxygen atoms in total. The van der Waals surface area contributed by atoms with Crippen LogP contribution in [-0.4, -0.2) is 26.5 Å². The van der Waals surface area contributed by atoms with Crippen LogP contribution in [-0.2, 0) is 4.53 Å². The summed E-state index contributed by atoms with van der Waals surface area (Å²) in [5.74, 6) is 0. The minimum atomic E-state index is -1.67. The first-order valence-electron chi connectivity index (χ1n) is 6.85. The molecule has 0 radical (unpaired) electrons. The number of hydroxylamine groups is 2. The van der Waals surface area contributed by atoms with Crippen LogP contribution in [0.2, 0.25) is 16.6 Å². The fourth-order valence-corrected chi connectivity index (χ4v) is 8.58. The standard InChI is InChI=1S/C13H29NOSi/c1-11(2)16(12(3)4,13(5)6)15-14-9-7-8-10-14/h11-13H,7-10H2,1-6H3. The first kappa shape index (κ1) is 14.2. The maximum atomic E-state index is 6.56. The number of hydrogen-bond donors (Lipinski definition) is 0. The molecule has 1 fully saturated rings. The van der Waals surface area contributed by atoms with Gasteiger partial charge in [-0.1, -0.05) is 41.5 Å². The smallest absolute Gasteiger partial charge is 0.228 e. The van der Waals surface area contributed by atoms with Gasteiger partial charge < -0.3 is 4.53 Å². The molecule has 0 atom stereocenters. The molecule has 16 heavy (non-hydrogen) atoms. The predicted molar refractivity (Wildman–Crippen MR) is 72.9 cm³/mol. The molecule has 0 bridgehead atoms. The molecule has 0 unspecified atom stereocenters. The van der Waals surface area contributed by atoms with Crippen molar-refractivity contribution in [2.75, 3.05) is 13.1 Å². The number of hydrogen-bond acceptors (Lipinski definition) is 2. The Labute approximate surface area is 102 Å². The van der Waals surface area contributed by atoms with Crippen molar-refractivity contribution in [1.29, 1.82) is 0 Å². The second kappa shape index (κ2) is 5.65. The predicted octanol–water partition coefficient (Wildman–Crippen LogP) is 4.19. The zero-order valence-electron chi connectivity index (χ0n) is 11.9. The molecule has 1 rings (SSSR count). The fourth-order valence-electron chi connectivity index (χ4n) is 3.32. The average Bonchev–Trinajstić information content (AvgIpc) is 2.64. The molecule has 0 N–H and O–H groups in total. The van der Waals surface area contributed by atoms with Crippen molar-refractivity contribution >= 4 is 8.32 Å². The molecule has 0 aliphatic carbocycles. The molecule has 0 saturated carbocycles. The first-order valence-corrected chi connectivity index (χ1v) is 8.99. The van der Waals surface area contributed by atoms with Gasteiger partial charge in [0.15, 0.2) is 0 Å². The van der Waals surface area contributed by atoms with E-state index in [4.69, 9.17) is 4.53 Å². The topological polar surface area (TPSA) is 12.5 Å². The highest BCUT2D eigenvalue weighted by atomic mass is 28.4. The van der Waals surface area contributed by atoms with E-state index in [1.165, 1.54) is 12.8 Å². The van der Waals surface area contributed by atoms with E-state index in [2.05, 4.69) is 46.6 Å². The Balaban J connectivity index is 2.82. The monoisotopic (exact) mass is 243 g/mol. The average molecular weight is 243 g/mol. The summed E-state index contributed by atoms with van der Waals surface area (Å²) in [5.41, 5.74) is 2.06. The molecular formula is C13H29NOSi. The van der Waals surface area contributed by atoms with E-state index >= 15 is 0 Å². The second-order valence-electron chi connectivity index (χ2n) is 6.05. The lowest BCUT2D eigenvalue weighted by Gasteiger charge is -2.43. The summed E-state index contributed by atoms with van der Waals surface area (Å²) in [4.78, 5) is 0. The third-order valence-electron chi connectivity index (χ3n) is 4.06. The van der Waals surface area contributed by atoms with E-state index in [0.29, 0.717) is 16.6 Å². The summed E-state index contributed by atoms with van der Waals surface area (Å²) >= 11 is 0. The Morgan fingerprint density at radius 2 is 1.19 bits per heavy atom. The zero-order chi connectivity index (χ0) is 12.3. The van der Waals surface area contributed by atoms with Crippen LogP contribution < -0.4 is 0 Å². The van der Waals surface area contributed by atoms with E-state index in [1.807, 2.05) is 0 Å². The Kier molecular flexibility index (Phi) is 5.01. The molecule has 1 aliphatic rings. The van der Waals surface area contributed by atoms with E-state index < -0.39 is 8.32 Å². The highest BCUT2D eigenvalue weighted by Gasteiger charge is 2.47. The normalized spacial score (nSPS) is 19.3. The van der Waals surface area contributed by atoms with Gasteiger partial charge in [-0.05, 0) is 29.5 Å². The third-order valence-corrected chi connectivity index (χ3v) is 10.0. The largest absolute Gasteiger partial charge is 0.342 e. The van der Waals surface area contributed by atoms with Crippen LogP contribution in [0.3, 0.4) is 0 Å². The van der Waals surface area contributed by atoms with Crippen LogP contribution in [0, 0.1) is 0 Å². The summed E-state index contributed by atoms with van der Waals surface area (Å²) in [6.07, 6.45) is 2.61. The summed E-state index contributed by atoms with van der Waals surface area (Å²) in [5, 5.41) is 2.26. The van der Waals surface area contributed by atoms with E-state index in [9.17, 15) is 0 Å². The van der Waals surface area contributed by atoms with E-state index in [-0.39, 0.29) is 0 Å². The van der Waals surface area contributed by atoms with Crippen molar-refractivity contribution < 1.29 is 4.53 Å². The molecule has 0 aromatic heterocycles. The van der Waals surface area contributed by atoms with Crippen LogP contribution in [0.1, 0.15) is 54.4 Å². The van der Waals surface area contributed by atoms with Crippen molar-refractivity contribution in [3.63, 3.8) is 0 Å². The highest BCUT2D eigenvalue weighted by molar-refractivity contribution is 6.77. The number of rotatable bonds is 5. The Hall–Kier alpha value is 0.137. The lowest BCUT2D eigenvalue weighted by atomic mass is 10.4. The maximum absolute atomic E-state index is 6.56. The van der Waals surface area contributed by atoms with Crippen LogP contribution in [0.4, 0.5) is 0 Å². The van der Waals surface area contributed by atoms with Crippen molar-refractivity contribution in [2.45, 2.75) is 71.0 Å².